The molecule has 0 aliphatic carbocycles. The van der Waals surface area contributed by atoms with E-state index in [9.17, 15) is 14.7 Å². The Kier molecular flexibility index (Phi) is 8.83. The van der Waals surface area contributed by atoms with E-state index in [1.807, 2.05) is 70.2 Å². The number of aliphatic hydroxyl groups is 1. The average Bonchev–Trinajstić information content (AvgIpc) is 3.21. The number of anilines is 2. The van der Waals surface area contributed by atoms with Crippen LogP contribution in [0, 0.1) is 13.8 Å². The molecule has 1 saturated heterocycles. The minimum atomic E-state index is -0.827. The second-order valence-corrected chi connectivity index (χ2v) is 9.75. The van der Waals surface area contributed by atoms with Gasteiger partial charge in [-0.25, -0.2) is 0 Å². The zero-order chi connectivity index (χ0) is 29.0. The number of benzene rings is 3. The normalized spacial score (nSPS) is 16.4. The highest BCUT2D eigenvalue weighted by Crippen LogP contribution is 2.45. The number of nitrogens with zero attached hydrogens (tertiary/aromatic N) is 2. The van der Waals surface area contributed by atoms with E-state index in [0.717, 1.165) is 35.5 Å². The van der Waals surface area contributed by atoms with Crippen LogP contribution in [-0.2, 0) is 9.59 Å². The monoisotopic (exact) mass is 542 g/mol. The SMILES string of the molecule is CCOc1ccc(/C(O)=C2/C(=O)C(=O)N(c3cc(C)ccc3C)C2c2ccc(N(CC)CC)cc2)c(OCC)c1. The first-order valence-corrected chi connectivity index (χ1v) is 13.9. The van der Waals surface area contributed by atoms with Crippen LogP contribution >= 0.6 is 0 Å². The Labute approximate surface area is 236 Å². The van der Waals surface area contributed by atoms with Crippen LogP contribution in [0.3, 0.4) is 0 Å². The maximum atomic E-state index is 13.7. The van der Waals surface area contributed by atoms with E-state index in [1.54, 1.807) is 18.2 Å². The van der Waals surface area contributed by atoms with Gasteiger partial charge in [-0.1, -0.05) is 24.3 Å². The van der Waals surface area contributed by atoms with Crippen LogP contribution in [0.5, 0.6) is 11.5 Å². The van der Waals surface area contributed by atoms with Gasteiger partial charge in [-0.05, 0) is 88.6 Å². The molecule has 0 spiro atoms. The quantitative estimate of drug-likeness (QED) is 0.177. The zero-order valence-electron chi connectivity index (χ0n) is 24.2. The molecular weight excluding hydrogens is 504 g/mol. The van der Waals surface area contributed by atoms with Gasteiger partial charge in [0.1, 0.15) is 17.3 Å². The third kappa shape index (κ3) is 5.41. The molecule has 7 heteroatoms. The van der Waals surface area contributed by atoms with Crippen LogP contribution < -0.4 is 19.3 Å². The summed E-state index contributed by atoms with van der Waals surface area (Å²) in [5, 5.41) is 11.7. The molecule has 7 nitrogen and oxygen atoms in total. The molecule has 1 unspecified atom stereocenters. The molecular formula is C33H38N2O5. The van der Waals surface area contributed by atoms with E-state index < -0.39 is 17.7 Å². The van der Waals surface area contributed by atoms with Crippen molar-refractivity contribution in [3.8, 4) is 11.5 Å². The van der Waals surface area contributed by atoms with Gasteiger partial charge in [0.25, 0.3) is 11.7 Å². The maximum Gasteiger partial charge on any atom is 0.300 e. The Morgan fingerprint density at radius 2 is 1.55 bits per heavy atom. The summed E-state index contributed by atoms with van der Waals surface area (Å²) in [5.74, 6) is -0.749. The number of rotatable bonds is 10. The molecule has 40 heavy (non-hydrogen) atoms. The van der Waals surface area contributed by atoms with Crippen molar-refractivity contribution in [1.29, 1.82) is 0 Å². The predicted molar refractivity (Wildman–Crippen MR) is 159 cm³/mol. The summed E-state index contributed by atoms with van der Waals surface area (Å²) in [6.07, 6.45) is 0. The van der Waals surface area contributed by atoms with Crippen LogP contribution in [-0.4, -0.2) is 43.1 Å². The van der Waals surface area contributed by atoms with Crippen molar-refractivity contribution in [2.24, 2.45) is 0 Å². The van der Waals surface area contributed by atoms with Gasteiger partial charge in [0.05, 0.1) is 30.4 Å². The highest BCUT2D eigenvalue weighted by Gasteiger charge is 2.47. The predicted octanol–water partition coefficient (Wildman–Crippen LogP) is 6.57. The Morgan fingerprint density at radius 3 is 2.17 bits per heavy atom. The van der Waals surface area contributed by atoms with Gasteiger partial charge in [-0.3, -0.25) is 14.5 Å². The zero-order valence-corrected chi connectivity index (χ0v) is 24.2. The second kappa shape index (κ2) is 12.3. The van der Waals surface area contributed by atoms with Crippen molar-refractivity contribution in [2.75, 3.05) is 36.1 Å². The number of ketones is 1. The number of ether oxygens (including phenoxy) is 2. The largest absolute Gasteiger partial charge is 0.507 e. The number of amides is 1. The minimum absolute atomic E-state index is 0.0200. The Balaban J connectivity index is 1.95. The summed E-state index contributed by atoms with van der Waals surface area (Å²) < 4.78 is 11.5. The fourth-order valence-corrected chi connectivity index (χ4v) is 5.21. The molecule has 0 aromatic heterocycles. The Bertz CT molecular complexity index is 1420. The third-order valence-electron chi connectivity index (χ3n) is 7.23. The number of aliphatic hydroxyl groups excluding tert-OH is 1. The lowest BCUT2D eigenvalue weighted by atomic mass is 9.94. The lowest BCUT2D eigenvalue weighted by Gasteiger charge is -2.28. The van der Waals surface area contributed by atoms with Crippen LogP contribution in [0.1, 0.15) is 56.0 Å². The molecule has 3 aromatic carbocycles. The number of hydrogen-bond donors (Lipinski definition) is 1. The molecule has 210 valence electrons. The first-order chi connectivity index (χ1) is 19.2. The lowest BCUT2D eigenvalue weighted by molar-refractivity contribution is -0.132. The smallest absolute Gasteiger partial charge is 0.300 e. The van der Waals surface area contributed by atoms with Gasteiger partial charge in [0, 0.05) is 30.5 Å². The van der Waals surface area contributed by atoms with Crippen LogP contribution in [0.15, 0.2) is 66.2 Å². The number of hydrogen-bond acceptors (Lipinski definition) is 6. The minimum Gasteiger partial charge on any atom is -0.507 e. The summed E-state index contributed by atoms with van der Waals surface area (Å²) in [7, 11) is 0. The summed E-state index contributed by atoms with van der Waals surface area (Å²) in [6.45, 7) is 14.3. The molecule has 1 atom stereocenters. The van der Waals surface area contributed by atoms with Crippen molar-refractivity contribution in [3.63, 3.8) is 0 Å². The van der Waals surface area contributed by atoms with E-state index in [-0.39, 0.29) is 11.3 Å². The summed E-state index contributed by atoms with van der Waals surface area (Å²) in [4.78, 5) is 31.1. The molecule has 3 aromatic rings. The van der Waals surface area contributed by atoms with E-state index in [2.05, 4.69) is 18.7 Å². The number of carbonyl (C=O) groups is 2. The second-order valence-electron chi connectivity index (χ2n) is 9.75. The number of carbonyl (C=O) groups excluding carboxylic acids is 2. The summed E-state index contributed by atoms with van der Waals surface area (Å²) >= 11 is 0. The third-order valence-corrected chi connectivity index (χ3v) is 7.23. The molecule has 1 aliphatic rings. The molecule has 4 rings (SSSR count). The summed E-state index contributed by atoms with van der Waals surface area (Å²) in [6, 6.07) is 17.9. The fourth-order valence-electron chi connectivity index (χ4n) is 5.21. The first-order valence-electron chi connectivity index (χ1n) is 13.9. The highest BCUT2D eigenvalue weighted by atomic mass is 16.5. The van der Waals surface area contributed by atoms with Gasteiger partial charge in [0.15, 0.2) is 0 Å². The Hall–Kier alpha value is -4.26. The molecule has 0 saturated carbocycles. The maximum absolute atomic E-state index is 13.7. The fraction of sp³-hybridized carbons (Fsp3) is 0.333. The van der Waals surface area contributed by atoms with Crippen LogP contribution in [0.25, 0.3) is 5.76 Å². The van der Waals surface area contributed by atoms with Gasteiger partial charge in [0.2, 0.25) is 0 Å². The van der Waals surface area contributed by atoms with Crippen molar-refractivity contribution in [2.45, 2.75) is 47.6 Å². The van der Waals surface area contributed by atoms with E-state index in [4.69, 9.17) is 9.47 Å². The standard InChI is InChI=1S/C33H38N2O5/c1-7-34(8-2)24-15-13-23(14-16-24)30-29(31(36)26-18-17-25(39-9-3)20-28(26)40-10-4)32(37)33(38)35(30)27-19-21(5)11-12-22(27)6/h11-20,30,36H,7-10H2,1-6H3/b31-29-. The molecule has 0 radical (unpaired) electrons. The molecule has 1 heterocycles. The average molecular weight is 543 g/mol. The summed E-state index contributed by atoms with van der Waals surface area (Å²) in [5.41, 5.74) is 4.57. The van der Waals surface area contributed by atoms with E-state index >= 15 is 0 Å². The van der Waals surface area contributed by atoms with Crippen molar-refractivity contribution < 1.29 is 24.2 Å². The highest BCUT2D eigenvalue weighted by molar-refractivity contribution is 6.51. The lowest BCUT2D eigenvalue weighted by Crippen LogP contribution is -2.30. The molecule has 1 aliphatic heterocycles. The van der Waals surface area contributed by atoms with Crippen LogP contribution in [0.4, 0.5) is 11.4 Å². The van der Waals surface area contributed by atoms with Crippen molar-refractivity contribution in [3.05, 3.63) is 88.5 Å². The molecule has 1 fully saturated rings. The van der Waals surface area contributed by atoms with Gasteiger partial charge >= 0.3 is 0 Å². The number of Topliss-reactive ketones (excluding diaryl/α,β-unsaturated/α-hetero) is 1. The molecule has 1 N–H and O–H groups in total. The topological polar surface area (TPSA) is 79.3 Å². The number of aryl methyl sites for hydroxylation is 2. The van der Waals surface area contributed by atoms with Gasteiger partial charge in [-0.15, -0.1) is 0 Å². The Morgan fingerprint density at radius 1 is 0.875 bits per heavy atom. The van der Waals surface area contributed by atoms with E-state index in [0.29, 0.717) is 36.0 Å². The van der Waals surface area contributed by atoms with Crippen molar-refractivity contribution in [1.82, 2.24) is 0 Å². The van der Waals surface area contributed by atoms with Crippen molar-refractivity contribution >= 4 is 28.8 Å². The van der Waals surface area contributed by atoms with Gasteiger partial charge < -0.3 is 19.5 Å². The van der Waals surface area contributed by atoms with E-state index in [1.165, 1.54) is 4.90 Å². The van der Waals surface area contributed by atoms with Gasteiger partial charge in [-0.2, -0.15) is 0 Å². The first kappa shape index (κ1) is 28.7. The molecule has 0 bridgehead atoms. The van der Waals surface area contributed by atoms with Crippen LogP contribution in [0.2, 0.25) is 0 Å². The molecule has 1 amide bonds.